The highest BCUT2D eigenvalue weighted by molar-refractivity contribution is 5.98. The second-order valence-electron chi connectivity index (χ2n) is 5.50. The number of benzene rings is 1. The van der Waals surface area contributed by atoms with Crippen LogP contribution in [0.25, 0.3) is 10.9 Å². The summed E-state index contributed by atoms with van der Waals surface area (Å²) in [5.74, 6) is 0.0333. The van der Waals surface area contributed by atoms with Crippen LogP contribution < -0.4 is 11.1 Å². The molecule has 2 aromatic rings. The molecule has 1 aliphatic rings. The van der Waals surface area contributed by atoms with Crippen LogP contribution >= 0.6 is 0 Å². The van der Waals surface area contributed by atoms with Crippen LogP contribution in [0.3, 0.4) is 0 Å². The number of nitrogens with two attached hydrogens (primary N) is 1. The molecule has 1 aliphatic heterocycles. The summed E-state index contributed by atoms with van der Waals surface area (Å²) in [4.78, 5) is 24.9. The number of ether oxygens (including phenoxy) is 1. The van der Waals surface area contributed by atoms with E-state index >= 15 is 0 Å². The van der Waals surface area contributed by atoms with E-state index < -0.39 is 0 Å². The summed E-state index contributed by atoms with van der Waals surface area (Å²) < 4.78 is 5.24. The van der Waals surface area contributed by atoms with E-state index in [2.05, 4.69) is 20.3 Å². The largest absolute Gasteiger partial charge is 0.381 e. The number of guanidine groups is 1. The first-order valence-electron chi connectivity index (χ1n) is 7.59. The van der Waals surface area contributed by atoms with Gasteiger partial charge in [-0.1, -0.05) is 18.2 Å². The van der Waals surface area contributed by atoms with Crippen LogP contribution in [-0.2, 0) is 9.53 Å². The number of para-hydroxylation sites is 1. The van der Waals surface area contributed by atoms with Gasteiger partial charge in [-0.05, 0) is 25.8 Å². The molecule has 0 spiro atoms. The highest BCUT2D eigenvalue weighted by Crippen LogP contribution is 2.18. The van der Waals surface area contributed by atoms with Crippen molar-refractivity contribution in [1.29, 1.82) is 0 Å². The minimum Gasteiger partial charge on any atom is -0.381 e. The first kappa shape index (κ1) is 15.4. The number of hydrogen-bond donors (Lipinski definition) is 2. The van der Waals surface area contributed by atoms with E-state index in [0.717, 1.165) is 16.6 Å². The third kappa shape index (κ3) is 3.62. The van der Waals surface area contributed by atoms with E-state index in [1.165, 1.54) is 0 Å². The van der Waals surface area contributed by atoms with Crippen molar-refractivity contribution in [2.24, 2.45) is 16.6 Å². The summed E-state index contributed by atoms with van der Waals surface area (Å²) in [5.41, 5.74) is 7.43. The number of aryl methyl sites for hydroxylation is 1. The Morgan fingerprint density at radius 3 is 2.83 bits per heavy atom. The van der Waals surface area contributed by atoms with Gasteiger partial charge in [-0.2, -0.15) is 4.99 Å². The molecule has 0 atom stereocenters. The van der Waals surface area contributed by atoms with Crippen molar-refractivity contribution in [2.75, 3.05) is 13.2 Å². The lowest BCUT2D eigenvalue weighted by Gasteiger charge is -2.20. The number of carbonyl (C=O) groups is 1. The van der Waals surface area contributed by atoms with Crippen molar-refractivity contribution in [2.45, 2.75) is 19.8 Å². The van der Waals surface area contributed by atoms with Gasteiger partial charge in [-0.3, -0.25) is 10.1 Å². The van der Waals surface area contributed by atoms with Gasteiger partial charge in [0.05, 0.1) is 11.2 Å². The third-order valence-electron chi connectivity index (χ3n) is 3.85. The van der Waals surface area contributed by atoms with Gasteiger partial charge >= 0.3 is 0 Å². The monoisotopic (exact) mass is 313 g/mol. The minimum atomic E-state index is -0.132. The van der Waals surface area contributed by atoms with E-state index in [9.17, 15) is 4.79 Å². The van der Waals surface area contributed by atoms with Crippen LogP contribution in [-0.4, -0.2) is 35.0 Å². The molecule has 0 aliphatic carbocycles. The number of rotatable bonds is 2. The maximum atomic E-state index is 12.1. The topological polar surface area (TPSA) is 102 Å². The van der Waals surface area contributed by atoms with Gasteiger partial charge in [0, 0.05) is 24.5 Å². The summed E-state index contributed by atoms with van der Waals surface area (Å²) >= 11 is 0. The Balaban J connectivity index is 1.76. The Bertz CT molecular complexity index is 753. The highest BCUT2D eigenvalue weighted by atomic mass is 16.5. The summed E-state index contributed by atoms with van der Waals surface area (Å²) in [6, 6.07) is 7.68. The molecular formula is C16H19N5O2. The number of nitrogens with zero attached hydrogens (tertiary/aromatic N) is 3. The third-order valence-corrected chi connectivity index (χ3v) is 3.85. The summed E-state index contributed by atoms with van der Waals surface area (Å²) in [5, 5.41) is 3.59. The van der Waals surface area contributed by atoms with Crippen LogP contribution in [0.4, 0.5) is 5.95 Å². The number of aromatic nitrogens is 2. The Kier molecular flexibility index (Phi) is 4.47. The summed E-state index contributed by atoms with van der Waals surface area (Å²) in [7, 11) is 0. The fraction of sp³-hybridized carbons (Fsp3) is 0.375. The zero-order chi connectivity index (χ0) is 16.2. The molecule has 7 nitrogen and oxygen atoms in total. The molecule has 0 radical (unpaired) electrons. The van der Waals surface area contributed by atoms with Crippen LogP contribution in [0.15, 0.2) is 29.3 Å². The van der Waals surface area contributed by atoms with Gasteiger partial charge in [-0.25, -0.2) is 9.97 Å². The van der Waals surface area contributed by atoms with Crippen LogP contribution in [0, 0.1) is 12.8 Å². The van der Waals surface area contributed by atoms with Gasteiger partial charge in [0.2, 0.25) is 11.9 Å². The van der Waals surface area contributed by atoms with Crippen molar-refractivity contribution in [3.8, 4) is 0 Å². The van der Waals surface area contributed by atoms with Crippen molar-refractivity contribution >= 4 is 28.7 Å². The first-order chi connectivity index (χ1) is 11.1. The molecule has 0 saturated carbocycles. The zero-order valence-electron chi connectivity index (χ0n) is 13.0. The smallest absolute Gasteiger partial charge is 0.253 e. The average Bonchev–Trinajstić information content (AvgIpc) is 2.55. The average molecular weight is 313 g/mol. The molecule has 3 N–H and O–H groups in total. The van der Waals surface area contributed by atoms with Crippen LogP contribution in [0.5, 0.6) is 0 Å². The Hall–Kier alpha value is -2.54. The second-order valence-corrected chi connectivity index (χ2v) is 5.50. The van der Waals surface area contributed by atoms with Crippen molar-refractivity contribution in [1.82, 2.24) is 15.3 Å². The Morgan fingerprint density at radius 1 is 1.30 bits per heavy atom. The molecule has 1 aromatic heterocycles. The molecule has 2 heterocycles. The van der Waals surface area contributed by atoms with Gasteiger partial charge in [0.1, 0.15) is 0 Å². The van der Waals surface area contributed by atoms with Crippen LogP contribution in [0.1, 0.15) is 18.5 Å². The zero-order valence-corrected chi connectivity index (χ0v) is 13.0. The van der Waals surface area contributed by atoms with Gasteiger partial charge < -0.3 is 10.5 Å². The summed E-state index contributed by atoms with van der Waals surface area (Å²) in [6.45, 7) is 3.09. The molecule has 1 saturated heterocycles. The molecule has 1 amide bonds. The van der Waals surface area contributed by atoms with Gasteiger partial charge in [0.15, 0.2) is 0 Å². The molecule has 0 unspecified atom stereocenters. The van der Waals surface area contributed by atoms with Crippen LogP contribution in [0.2, 0.25) is 0 Å². The number of fused-ring (bicyclic) bond motifs is 1. The van der Waals surface area contributed by atoms with E-state index in [4.69, 9.17) is 10.5 Å². The molecule has 1 aromatic carbocycles. The minimum absolute atomic E-state index is 0.0103. The number of carbonyl (C=O) groups excluding carboxylic acids is 1. The normalized spacial score (nSPS) is 16.5. The predicted molar refractivity (Wildman–Crippen MR) is 87.2 cm³/mol. The molecule has 7 heteroatoms. The Labute approximate surface area is 134 Å². The van der Waals surface area contributed by atoms with E-state index in [-0.39, 0.29) is 23.7 Å². The first-order valence-corrected chi connectivity index (χ1v) is 7.59. The van der Waals surface area contributed by atoms with E-state index in [0.29, 0.717) is 26.1 Å². The maximum absolute atomic E-state index is 12.1. The predicted octanol–water partition coefficient (Wildman–Crippen LogP) is 1.43. The molecule has 0 bridgehead atoms. The summed E-state index contributed by atoms with van der Waals surface area (Å²) in [6.07, 6.45) is 1.40. The lowest BCUT2D eigenvalue weighted by molar-refractivity contribution is -0.126. The quantitative estimate of drug-likeness (QED) is 0.645. The van der Waals surface area contributed by atoms with E-state index in [1.807, 2.05) is 31.2 Å². The lowest BCUT2D eigenvalue weighted by atomic mass is 10.00. The highest BCUT2D eigenvalue weighted by Gasteiger charge is 2.22. The maximum Gasteiger partial charge on any atom is 0.253 e. The number of aliphatic imine (C=N–C) groups is 1. The SMILES string of the molecule is Cc1nc(/N=C(\N)NC(=O)C2CCOCC2)nc2ccccc12. The lowest BCUT2D eigenvalue weighted by Crippen LogP contribution is -2.41. The fourth-order valence-corrected chi connectivity index (χ4v) is 2.59. The molecular weight excluding hydrogens is 294 g/mol. The molecule has 3 rings (SSSR count). The molecule has 23 heavy (non-hydrogen) atoms. The van der Waals surface area contributed by atoms with Crippen molar-refractivity contribution < 1.29 is 9.53 Å². The standard InChI is InChI=1S/C16H19N5O2/c1-10-12-4-2-3-5-13(12)19-16(18-10)21-15(17)20-14(22)11-6-8-23-9-7-11/h2-5,11H,6-9H2,1H3,(H3,17,18,19,20,21,22). The molecule has 1 fully saturated rings. The fourth-order valence-electron chi connectivity index (χ4n) is 2.59. The number of amides is 1. The number of hydrogen-bond acceptors (Lipinski definition) is 5. The van der Waals surface area contributed by atoms with Gasteiger partial charge in [-0.15, -0.1) is 0 Å². The van der Waals surface area contributed by atoms with Gasteiger partial charge in [0.25, 0.3) is 5.95 Å². The Morgan fingerprint density at radius 2 is 2.04 bits per heavy atom. The van der Waals surface area contributed by atoms with Crippen molar-refractivity contribution in [3.63, 3.8) is 0 Å². The van der Waals surface area contributed by atoms with Crippen molar-refractivity contribution in [3.05, 3.63) is 30.0 Å². The molecule has 120 valence electrons. The number of nitrogens with one attached hydrogen (secondary N) is 1. The van der Waals surface area contributed by atoms with E-state index in [1.54, 1.807) is 0 Å². The second kappa shape index (κ2) is 6.70.